The first-order chi connectivity index (χ1) is 23.5. The first-order valence-corrected chi connectivity index (χ1v) is 18.7. The molecule has 276 valence electrons. The number of likely N-dealkylation sites (tertiary alicyclic amines) is 1. The fraction of sp³-hybridized carbons (Fsp3) is 0.641. The quantitative estimate of drug-likeness (QED) is 0.130. The number of nitrogens with one attached hydrogen (secondary N) is 1. The highest BCUT2D eigenvalue weighted by Crippen LogP contribution is 2.61. The topological polar surface area (TPSA) is 125 Å². The Kier molecular flexibility index (Phi) is 12.5. The molecule has 0 saturated carbocycles. The zero-order chi connectivity index (χ0) is 37.2. The van der Waals surface area contributed by atoms with Crippen LogP contribution in [0.4, 0.5) is 0 Å². The molecule has 1 aromatic rings. The molecule has 3 amide bonds. The third-order valence-corrected chi connectivity index (χ3v) is 11.2. The van der Waals surface area contributed by atoms with Gasteiger partial charge < -0.3 is 29.7 Å². The number of hydrogen-bond acceptors (Lipinski definition) is 7. The van der Waals surface area contributed by atoms with Crippen molar-refractivity contribution in [3.05, 3.63) is 61.2 Å². The van der Waals surface area contributed by atoms with Gasteiger partial charge in [0.05, 0.1) is 36.6 Å². The number of carbonyl (C=O) groups excluding carboxylic acids is 4. The zero-order valence-corrected chi connectivity index (χ0v) is 32.3. The van der Waals surface area contributed by atoms with Crippen molar-refractivity contribution in [2.45, 2.75) is 127 Å². The van der Waals surface area contributed by atoms with Crippen LogP contribution >= 0.6 is 15.9 Å². The fourth-order valence-corrected chi connectivity index (χ4v) is 9.61. The predicted octanol–water partition coefficient (Wildman–Crippen LogP) is 5.49. The number of fused-ring (bicyclic) bond motifs is 1. The van der Waals surface area contributed by atoms with Crippen molar-refractivity contribution in [2.24, 2.45) is 17.3 Å². The van der Waals surface area contributed by atoms with E-state index in [-0.39, 0.29) is 41.6 Å². The Morgan fingerprint density at radius 2 is 1.84 bits per heavy atom. The molecule has 50 heavy (non-hydrogen) atoms. The van der Waals surface area contributed by atoms with E-state index in [4.69, 9.17) is 9.47 Å². The Labute approximate surface area is 306 Å². The summed E-state index contributed by atoms with van der Waals surface area (Å²) in [6.45, 7) is 21.5. The number of hydrogen-bond donors (Lipinski definition) is 2. The molecule has 2 N–H and O–H groups in total. The maximum atomic E-state index is 15.0. The molecule has 4 rings (SSSR count). The van der Waals surface area contributed by atoms with Crippen LogP contribution in [0.3, 0.4) is 0 Å². The van der Waals surface area contributed by atoms with E-state index < -0.39 is 65.2 Å². The number of alkyl halides is 1. The van der Waals surface area contributed by atoms with Gasteiger partial charge in [0, 0.05) is 23.3 Å². The van der Waals surface area contributed by atoms with Crippen molar-refractivity contribution in [2.75, 3.05) is 13.2 Å². The minimum absolute atomic E-state index is 0.109. The fourth-order valence-electron chi connectivity index (χ4n) is 8.67. The van der Waals surface area contributed by atoms with Gasteiger partial charge in [-0.3, -0.25) is 19.2 Å². The van der Waals surface area contributed by atoms with Crippen molar-refractivity contribution in [3.63, 3.8) is 0 Å². The summed E-state index contributed by atoms with van der Waals surface area (Å²) in [7, 11) is 0. The summed E-state index contributed by atoms with van der Waals surface area (Å²) in [5.41, 5.74) is -1.37. The highest BCUT2D eigenvalue weighted by Gasteiger charge is 2.77. The number of aliphatic hydroxyl groups excluding tert-OH is 1. The lowest BCUT2D eigenvalue weighted by molar-refractivity contribution is -0.163. The summed E-state index contributed by atoms with van der Waals surface area (Å²) >= 11 is 3.75. The van der Waals surface area contributed by atoms with Gasteiger partial charge in [-0.1, -0.05) is 86.1 Å². The molecule has 3 aliphatic heterocycles. The number of allylic oxidation sites excluding steroid dienone is 1. The second-order valence-electron chi connectivity index (χ2n) is 15.9. The molecule has 10 nitrogen and oxygen atoms in total. The maximum Gasteiger partial charge on any atom is 0.313 e. The van der Waals surface area contributed by atoms with Gasteiger partial charge >= 0.3 is 5.97 Å². The van der Waals surface area contributed by atoms with E-state index in [1.54, 1.807) is 24.0 Å². The normalized spacial score (nSPS) is 27.7. The van der Waals surface area contributed by atoms with Crippen LogP contribution in [0.5, 0.6) is 0 Å². The monoisotopic (exact) mass is 757 g/mol. The van der Waals surface area contributed by atoms with Gasteiger partial charge in [-0.05, 0) is 57.4 Å². The highest BCUT2D eigenvalue weighted by atomic mass is 79.9. The molecule has 11 heteroatoms. The number of esters is 1. The first kappa shape index (κ1) is 39.8. The molecular weight excluding hydrogens is 702 g/mol. The minimum atomic E-state index is -1.33. The second-order valence-corrected chi connectivity index (χ2v) is 17.1. The molecule has 3 aliphatic rings. The number of benzene rings is 1. The van der Waals surface area contributed by atoms with Crippen LogP contribution in [0, 0.1) is 17.3 Å². The lowest BCUT2D eigenvalue weighted by Crippen LogP contribution is -2.62. The number of carbonyl (C=O) groups is 4. The molecule has 1 unspecified atom stereocenters. The molecule has 3 saturated heterocycles. The van der Waals surface area contributed by atoms with Crippen molar-refractivity contribution in [3.8, 4) is 0 Å². The lowest BCUT2D eigenvalue weighted by Gasteiger charge is -2.46. The Hall–Kier alpha value is -3.02. The SMILES string of the molecule is C=CCCC(=O)N[C@@H](C)[C@H](OC(=O)[C@@H]1[C@H]2O[C@@]3(CC2Br)[C@H](C(=O)N(CC=C)C(C)(C)CC(C)(C)C)N([C@@H](CC)CO)C(=O)[C@@H]13)c1ccccc1. The number of rotatable bonds is 16. The van der Waals surface area contributed by atoms with E-state index in [1.165, 1.54) is 4.90 Å². The summed E-state index contributed by atoms with van der Waals surface area (Å²) in [5, 5.41) is 13.5. The van der Waals surface area contributed by atoms with E-state index in [1.807, 2.05) is 51.1 Å². The third kappa shape index (κ3) is 7.75. The van der Waals surface area contributed by atoms with Crippen molar-refractivity contribution < 1.29 is 33.8 Å². The predicted molar refractivity (Wildman–Crippen MR) is 196 cm³/mol. The van der Waals surface area contributed by atoms with Gasteiger partial charge in [0.15, 0.2) is 0 Å². The van der Waals surface area contributed by atoms with Crippen LogP contribution in [0.15, 0.2) is 55.6 Å². The molecule has 3 fully saturated rings. The molecule has 0 radical (unpaired) electrons. The van der Waals surface area contributed by atoms with Gasteiger partial charge in [-0.25, -0.2) is 0 Å². The molecule has 0 aromatic heterocycles. The minimum Gasteiger partial charge on any atom is -0.455 e. The molecular formula is C39H56BrN3O7. The van der Waals surface area contributed by atoms with Crippen LogP contribution in [0.2, 0.25) is 0 Å². The summed E-state index contributed by atoms with van der Waals surface area (Å²) in [4.78, 5) is 59.9. The highest BCUT2D eigenvalue weighted by molar-refractivity contribution is 9.09. The molecule has 0 aliphatic carbocycles. The van der Waals surface area contributed by atoms with Gasteiger partial charge in [0.25, 0.3) is 0 Å². The van der Waals surface area contributed by atoms with Crippen molar-refractivity contribution >= 4 is 39.6 Å². The standard InChI is InChI=1S/C39H56BrN3O7/c1-10-13-19-28(45)41-24(4)31(25-17-15-14-16-18-25)49-36(48)29-30-34(46)43(26(12-3)22-44)33(39(30)21-27(40)32(29)50-39)35(47)42(20-11-2)38(8,9)23-37(5,6)7/h10-11,14-18,24,26-27,29-33,44H,1-2,12-13,19-23H2,3-9H3,(H,41,45)/t24-,26-,27?,29-,30+,31-,32-,33-,39+/m0/s1. The average Bonchev–Trinajstić information content (AvgIpc) is 3.64. The largest absolute Gasteiger partial charge is 0.455 e. The van der Waals surface area contributed by atoms with E-state index >= 15 is 4.79 Å². The average molecular weight is 759 g/mol. The van der Waals surface area contributed by atoms with E-state index in [0.29, 0.717) is 31.2 Å². The van der Waals surface area contributed by atoms with Crippen LogP contribution in [0.25, 0.3) is 0 Å². The van der Waals surface area contributed by atoms with Gasteiger partial charge in [0.2, 0.25) is 17.7 Å². The number of ether oxygens (including phenoxy) is 2. The molecule has 2 bridgehead atoms. The Balaban J connectivity index is 1.76. The Morgan fingerprint density at radius 1 is 1.18 bits per heavy atom. The molecule has 1 aromatic carbocycles. The maximum absolute atomic E-state index is 15.0. The first-order valence-electron chi connectivity index (χ1n) is 17.8. The van der Waals surface area contributed by atoms with Gasteiger partial charge in [0.1, 0.15) is 17.7 Å². The van der Waals surface area contributed by atoms with Gasteiger partial charge in [-0.2, -0.15) is 0 Å². The van der Waals surface area contributed by atoms with Crippen LogP contribution in [-0.2, 0) is 28.7 Å². The Morgan fingerprint density at radius 3 is 2.40 bits per heavy atom. The summed E-state index contributed by atoms with van der Waals surface area (Å²) in [6.07, 6.45) is 3.93. The van der Waals surface area contributed by atoms with Crippen LogP contribution < -0.4 is 5.32 Å². The number of halogens is 1. The molecule has 9 atom stereocenters. The lowest BCUT2D eigenvalue weighted by atomic mass is 9.70. The van der Waals surface area contributed by atoms with Crippen LogP contribution in [-0.4, -0.2) is 91.9 Å². The second kappa shape index (κ2) is 15.7. The summed E-state index contributed by atoms with van der Waals surface area (Å²) in [5.74, 6) is -3.57. The number of aliphatic hydroxyl groups is 1. The third-order valence-electron chi connectivity index (χ3n) is 10.4. The van der Waals surface area contributed by atoms with Crippen molar-refractivity contribution in [1.82, 2.24) is 15.1 Å². The van der Waals surface area contributed by atoms with Crippen molar-refractivity contribution in [1.29, 1.82) is 0 Å². The number of amides is 3. The summed E-state index contributed by atoms with van der Waals surface area (Å²) in [6, 6.07) is 6.84. The molecule has 3 heterocycles. The summed E-state index contributed by atoms with van der Waals surface area (Å²) < 4.78 is 13.0. The Bertz CT molecular complexity index is 1420. The zero-order valence-electron chi connectivity index (χ0n) is 30.7. The number of nitrogens with zero attached hydrogens (tertiary/aromatic N) is 2. The molecule has 1 spiro atoms. The van der Waals surface area contributed by atoms with E-state index in [0.717, 1.165) is 0 Å². The van der Waals surface area contributed by atoms with Crippen LogP contribution in [0.1, 0.15) is 92.2 Å². The van der Waals surface area contributed by atoms with E-state index in [2.05, 4.69) is 55.2 Å². The van der Waals surface area contributed by atoms with Gasteiger partial charge in [-0.15, -0.1) is 13.2 Å². The van der Waals surface area contributed by atoms with E-state index in [9.17, 15) is 19.5 Å². The smallest absolute Gasteiger partial charge is 0.313 e.